The standard InChI is InChI=1S/2C19H35NO.C13H24.C8H17NO.ClHO/c2*1-7-10-20(6)18(21)9-8-15(2)12-19(5)13-16(3)11-17(4)14-19;1-10(2)7-13(5)8-11(3)6-12(4)9-13;1-4-7-9(6-3)8(10)5-2;1-2/h2*16-17H,2,7-14H2,1,3-6H3;11-12H,1,6-9H2,2-5H3;4-7H2,1-3H3;2H. The van der Waals surface area contributed by atoms with Gasteiger partial charge in [0.1, 0.15) is 0 Å². The number of halogens is 1. The van der Waals surface area contributed by atoms with Crippen molar-refractivity contribution in [2.45, 2.75) is 232 Å². The topological polar surface area (TPSA) is 81.2 Å². The molecule has 6 unspecified atom stereocenters. The highest BCUT2D eigenvalue weighted by molar-refractivity contribution is 6.04. The Kier molecular flexibility index (Phi) is 35.0. The van der Waals surface area contributed by atoms with Crippen molar-refractivity contribution >= 4 is 29.6 Å². The third kappa shape index (κ3) is 30.3. The smallest absolute Gasteiger partial charge is 0.222 e. The maximum Gasteiger partial charge on any atom is 0.222 e. The molecule has 0 aromatic carbocycles. The maximum atomic E-state index is 12.0. The van der Waals surface area contributed by atoms with Crippen LogP contribution in [0, 0.1) is 51.8 Å². The van der Waals surface area contributed by atoms with Gasteiger partial charge in [-0.3, -0.25) is 19.0 Å². The quantitative estimate of drug-likeness (QED) is 0.123. The van der Waals surface area contributed by atoms with Gasteiger partial charge in [0.2, 0.25) is 17.7 Å². The maximum absolute atomic E-state index is 12.0. The third-order valence-corrected chi connectivity index (χ3v) is 14.4. The lowest BCUT2D eigenvalue weighted by Gasteiger charge is -2.41. The van der Waals surface area contributed by atoms with Crippen molar-refractivity contribution in [1.82, 2.24) is 14.7 Å². The van der Waals surface area contributed by atoms with E-state index in [1.165, 1.54) is 80.9 Å². The van der Waals surface area contributed by atoms with Gasteiger partial charge < -0.3 is 14.7 Å². The molecule has 394 valence electrons. The average molecular weight is 963 g/mol. The average Bonchev–Trinajstić information content (AvgIpc) is 3.20. The van der Waals surface area contributed by atoms with Crippen molar-refractivity contribution in [2.24, 2.45) is 51.8 Å². The molecule has 0 aromatic rings. The first-order valence-electron chi connectivity index (χ1n) is 27.1. The number of amides is 3. The van der Waals surface area contributed by atoms with Crippen LogP contribution in [0.2, 0.25) is 0 Å². The molecule has 6 atom stereocenters. The first-order valence-corrected chi connectivity index (χ1v) is 27.4. The number of rotatable bonds is 20. The van der Waals surface area contributed by atoms with Crippen LogP contribution >= 0.6 is 11.9 Å². The molecule has 3 amide bonds. The fourth-order valence-electron chi connectivity index (χ4n) is 13.2. The molecular weight excluding hydrogens is 850 g/mol. The highest BCUT2D eigenvalue weighted by Crippen LogP contribution is 2.48. The van der Waals surface area contributed by atoms with Crippen LogP contribution < -0.4 is 0 Å². The van der Waals surface area contributed by atoms with E-state index >= 15 is 0 Å². The number of carbonyl (C=O) groups excluding carboxylic acids is 3. The summed E-state index contributed by atoms with van der Waals surface area (Å²) < 4.78 is 6.47. The minimum atomic E-state index is 0.258. The molecule has 0 radical (unpaired) electrons. The van der Waals surface area contributed by atoms with Gasteiger partial charge in [0.05, 0.1) is 11.9 Å². The van der Waals surface area contributed by atoms with Gasteiger partial charge in [-0.2, -0.15) is 0 Å². The van der Waals surface area contributed by atoms with Crippen LogP contribution in [0.4, 0.5) is 0 Å². The summed E-state index contributed by atoms with van der Waals surface area (Å²) in [6, 6.07) is 0. The predicted octanol–water partition coefficient (Wildman–Crippen LogP) is 16.3. The molecule has 67 heavy (non-hydrogen) atoms. The Morgan fingerprint density at radius 1 is 0.507 bits per heavy atom. The Morgan fingerprint density at radius 3 is 1.03 bits per heavy atom. The van der Waals surface area contributed by atoms with Gasteiger partial charge in [-0.25, -0.2) is 0 Å². The van der Waals surface area contributed by atoms with Crippen molar-refractivity contribution < 1.29 is 19.0 Å². The van der Waals surface area contributed by atoms with Crippen molar-refractivity contribution in [1.29, 1.82) is 0 Å². The Balaban J connectivity index is 0. The van der Waals surface area contributed by atoms with E-state index in [-0.39, 0.29) is 17.7 Å². The Labute approximate surface area is 422 Å². The van der Waals surface area contributed by atoms with E-state index in [9.17, 15) is 14.4 Å². The molecule has 7 nitrogen and oxygen atoms in total. The minimum Gasteiger partial charge on any atom is -0.346 e. The van der Waals surface area contributed by atoms with Crippen molar-refractivity contribution in [3.8, 4) is 0 Å². The largest absolute Gasteiger partial charge is 0.346 e. The van der Waals surface area contributed by atoms with Gasteiger partial charge in [0.15, 0.2) is 0 Å². The zero-order chi connectivity index (χ0) is 52.1. The summed E-state index contributed by atoms with van der Waals surface area (Å²) in [6.45, 7) is 50.0. The molecule has 0 aliphatic heterocycles. The second kappa shape index (κ2) is 35.1. The van der Waals surface area contributed by atoms with E-state index in [1.54, 1.807) is 0 Å². The zero-order valence-corrected chi connectivity index (χ0v) is 48.2. The second-order valence-corrected chi connectivity index (χ2v) is 23.9. The molecule has 0 saturated heterocycles. The van der Waals surface area contributed by atoms with Crippen LogP contribution in [0.3, 0.4) is 0 Å². The molecule has 3 aliphatic rings. The Bertz CT molecular complexity index is 1330. The number of carbonyl (C=O) groups is 3. The van der Waals surface area contributed by atoms with Crippen molar-refractivity contribution in [3.63, 3.8) is 0 Å². The van der Waals surface area contributed by atoms with Gasteiger partial charge in [-0.15, -0.1) is 6.58 Å². The van der Waals surface area contributed by atoms with Crippen LogP contribution in [-0.4, -0.2) is 77.4 Å². The van der Waals surface area contributed by atoms with Crippen molar-refractivity contribution in [2.75, 3.05) is 40.3 Å². The van der Waals surface area contributed by atoms with Crippen LogP contribution in [0.5, 0.6) is 0 Å². The van der Waals surface area contributed by atoms with Gasteiger partial charge in [-0.1, -0.05) is 120 Å². The summed E-state index contributed by atoms with van der Waals surface area (Å²) in [7, 11) is 3.81. The third-order valence-electron chi connectivity index (χ3n) is 14.4. The van der Waals surface area contributed by atoms with E-state index in [2.05, 4.69) is 122 Å². The number of hydrogen-bond acceptors (Lipinski definition) is 4. The van der Waals surface area contributed by atoms with E-state index in [4.69, 9.17) is 4.66 Å². The summed E-state index contributed by atoms with van der Waals surface area (Å²) in [5.41, 5.74) is 5.21. The predicted molar refractivity (Wildman–Crippen MR) is 293 cm³/mol. The summed E-state index contributed by atoms with van der Waals surface area (Å²) in [5.74, 6) is 5.90. The summed E-state index contributed by atoms with van der Waals surface area (Å²) in [6.07, 6.45) is 22.2. The normalized spacial score (nSPS) is 27.6. The fourth-order valence-corrected chi connectivity index (χ4v) is 13.2. The Hall–Kier alpha value is -2.12. The molecule has 0 spiro atoms. The van der Waals surface area contributed by atoms with Crippen LogP contribution in [-0.2, 0) is 14.4 Å². The van der Waals surface area contributed by atoms with Crippen LogP contribution in [0.15, 0.2) is 36.5 Å². The monoisotopic (exact) mass is 962 g/mol. The molecule has 3 saturated carbocycles. The summed E-state index contributed by atoms with van der Waals surface area (Å²) in [5, 5.41) is 0. The lowest BCUT2D eigenvalue weighted by Crippen LogP contribution is -2.30. The van der Waals surface area contributed by atoms with Gasteiger partial charge in [0, 0.05) is 59.5 Å². The van der Waals surface area contributed by atoms with Gasteiger partial charge in [0.25, 0.3) is 0 Å². The van der Waals surface area contributed by atoms with E-state index in [1.807, 2.05) is 42.6 Å². The van der Waals surface area contributed by atoms with Gasteiger partial charge >= 0.3 is 0 Å². The highest BCUT2D eigenvalue weighted by Gasteiger charge is 2.36. The molecule has 3 rings (SSSR count). The lowest BCUT2D eigenvalue weighted by molar-refractivity contribution is -0.131. The molecule has 8 heteroatoms. The molecule has 0 bridgehead atoms. The lowest BCUT2D eigenvalue weighted by atomic mass is 9.65. The van der Waals surface area contributed by atoms with E-state index in [0.29, 0.717) is 35.5 Å². The van der Waals surface area contributed by atoms with Crippen LogP contribution in [0.1, 0.15) is 232 Å². The fraction of sp³-hybridized carbons (Fsp3) is 0.847. The van der Waals surface area contributed by atoms with E-state index < -0.39 is 0 Å². The molecular formula is C59H112ClN3O4. The summed E-state index contributed by atoms with van der Waals surface area (Å²) in [4.78, 5) is 40.6. The molecule has 0 heterocycles. The second-order valence-electron chi connectivity index (χ2n) is 23.9. The molecule has 3 fully saturated rings. The van der Waals surface area contributed by atoms with E-state index in [0.717, 1.165) is 107 Å². The molecule has 0 aromatic heterocycles. The van der Waals surface area contributed by atoms with Gasteiger partial charge in [-0.05, 0) is 175 Å². The SMILES string of the molecule is C=C(C)CC1(C)CC(C)CC(C)C1.C=C(CCC(=O)N(C)CCC)CC1(C)CC(C)CC(C)C1.C=C(CCC(=O)N(C)CCC)CC1(C)CC(C)CC(C)C1.CCCN(CC)C(=O)CC.OCl. The summed E-state index contributed by atoms with van der Waals surface area (Å²) >= 11 is 3.64. The van der Waals surface area contributed by atoms with Crippen LogP contribution in [0.25, 0.3) is 0 Å². The molecule has 3 aliphatic carbocycles. The minimum absolute atomic E-state index is 0.258. The molecule has 1 N–H and O–H groups in total. The number of hydrogen-bond donors (Lipinski definition) is 1. The first kappa shape index (κ1) is 67.0. The van der Waals surface area contributed by atoms with Crippen molar-refractivity contribution in [3.05, 3.63) is 36.5 Å². The number of allylic oxidation sites excluding steroid dienone is 3. The number of nitrogens with zero attached hydrogens (tertiary/aromatic N) is 3. The highest BCUT2D eigenvalue weighted by atomic mass is 35.5. The first-order chi connectivity index (χ1) is 31.2. The zero-order valence-electron chi connectivity index (χ0n) is 47.4. The Morgan fingerprint density at radius 2 is 0.791 bits per heavy atom.